The lowest BCUT2D eigenvalue weighted by molar-refractivity contribution is -0.120. The van der Waals surface area contributed by atoms with Crippen LogP contribution < -0.4 is 0 Å². The number of carbonyl (C=O) groups is 1. The van der Waals surface area contributed by atoms with Gasteiger partial charge in [-0.05, 0) is 12.3 Å². The van der Waals surface area contributed by atoms with Crippen LogP contribution in [0.25, 0.3) is 0 Å². The molecule has 0 aliphatic rings. The van der Waals surface area contributed by atoms with E-state index in [1.54, 1.807) is 0 Å². The van der Waals surface area contributed by atoms with Crippen molar-refractivity contribution in [3.8, 4) is 0 Å². The van der Waals surface area contributed by atoms with E-state index in [2.05, 4.69) is 20.8 Å². The van der Waals surface area contributed by atoms with Crippen molar-refractivity contribution >= 4 is 5.78 Å². The highest BCUT2D eigenvalue weighted by Crippen LogP contribution is 2.13. The highest BCUT2D eigenvalue weighted by atomic mass is 16.1. The molecule has 1 atom stereocenters. The highest BCUT2D eigenvalue weighted by Gasteiger charge is 2.07. The molecule has 0 rings (SSSR count). The summed E-state index contributed by atoms with van der Waals surface area (Å²) in [7, 11) is 0. The Kier molecular flexibility index (Phi) is 9.97. The van der Waals surface area contributed by atoms with E-state index in [0.29, 0.717) is 11.7 Å². The van der Waals surface area contributed by atoms with Crippen LogP contribution in [0.1, 0.15) is 78.6 Å². The van der Waals surface area contributed by atoms with Crippen LogP contribution in [0, 0.1) is 5.92 Å². The minimum Gasteiger partial charge on any atom is -0.300 e. The molecular formula is C14H28O. The third-order valence-electron chi connectivity index (χ3n) is 2.92. The van der Waals surface area contributed by atoms with E-state index in [9.17, 15) is 4.79 Å². The quantitative estimate of drug-likeness (QED) is 0.478. The standard InChI is InChI=1S/C14H28O/c1-4-6-7-8-9-11-14(15)12-13(3)10-5-2/h13H,4-12H2,1-3H3. The first-order chi connectivity index (χ1) is 7.20. The Bertz CT molecular complexity index is 151. The molecule has 0 heterocycles. The maximum absolute atomic E-state index is 11.6. The first kappa shape index (κ1) is 14.7. The Morgan fingerprint density at radius 2 is 1.67 bits per heavy atom. The van der Waals surface area contributed by atoms with Crippen LogP contribution in [-0.4, -0.2) is 5.78 Å². The first-order valence-corrected chi connectivity index (χ1v) is 6.72. The van der Waals surface area contributed by atoms with Gasteiger partial charge in [-0.2, -0.15) is 0 Å². The number of rotatable bonds is 10. The van der Waals surface area contributed by atoms with Crippen molar-refractivity contribution in [3.05, 3.63) is 0 Å². The Morgan fingerprint density at radius 3 is 2.27 bits per heavy atom. The molecule has 1 unspecified atom stereocenters. The summed E-state index contributed by atoms with van der Waals surface area (Å²) in [5.41, 5.74) is 0. The monoisotopic (exact) mass is 212 g/mol. The van der Waals surface area contributed by atoms with Gasteiger partial charge in [0.2, 0.25) is 0 Å². The summed E-state index contributed by atoms with van der Waals surface area (Å²) in [6.45, 7) is 6.60. The van der Waals surface area contributed by atoms with E-state index in [0.717, 1.165) is 19.3 Å². The first-order valence-electron chi connectivity index (χ1n) is 6.72. The van der Waals surface area contributed by atoms with Gasteiger partial charge < -0.3 is 0 Å². The summed E-state index contributed by atoms with van der Waals surface area (Å²) >= 11 is 0. The predicted molar refractivity (Wildman–Crippen MR) is 67.1 cm³/mol. The second kappa shape index (κ2) is 10.2. The zero-order valence-corrected chi connectivity index (χ0v) is 10.8. The molecule has 0 saturated carbocycles. The summed E-state index contributed by atoms with van der Waals surface area (Å²) in [5, 5.41) is 0. The fourth-order valence-corrected chi connectivity index (χ4v) is 2.01. The molecule has 0 fully saturated rings. The molecule has 0 aromatic heterocycles. The average Bonchev–Trinajstić information content (AvgIpc) is 2.17. The lowest BCUT2D eigenvalue weighted by Gasteiger charge is -2.08. The van der Waals surface area contributed by atoms with Crippen LogP contribution in [0.4, 0.5) is 0 Å². The van der Waals surface area contributed by atoms with E-state index in [1.165, 1.54) is 38.5 Å². The minimum atomic E-state index is 0.479. The summed E-state index contributed by atoms with van der Waals surface area (Å²) in [4.78, 5) is 11.6. The molecule has 0 aromatic rings. The fraction of sp³-hybridized carbons (Fsp3) is 0.929. The summed E-state index contributed by atoms with van der Waals surface area (Å²) < 4.78 is 0. The van der Waals surface area contributed by atoms with Crippen LogP contribution in [0.3, 0.4) is 0 Å². The maximum Gasteiger partial charge on any atom is 0.133 e. The molecule has 1 heteroatoms. The third kappa shape index (κ3) is 9.96. The number of ketones is 1. The van der Waals surface area contributed by atoms with Crippen LogP contribution in [-0.2, 0) is 4.79 Å². The number of unbranched alkanes of at least 4 members (excludes halogenated alkanes) is 4. The molecular weight excluding hydrogens is 184 g/mol. The SMILES string of the molecule is CCCCCCCC(=O)CC(C)CCC. The van der Waals surface area contributed by atoms with Crippen LogP contribution in [0.2, 0.25) is 0 Å². The molecule has 0 radical (unpaired) electrons. The Morgan fingerprint density at radius 1 is 1.00 bits per heavy atom. The van der Waals surface area contributed by atoms with Crippen molar-refractivity contribution in [1.29, 1.82) is 0 Å². The largest absolute Gasteiger partial charge is 0.300 e. The summed E-state index contributed by atoms with van der Waals surface area (Å²) in [5.74, 6) is 1.07. The molecule has 0 N–H and O–H groups in total. The Labute approximate surface area is 95.6 Å². The third-order valence-corrected chi connectivity index (χ3v) is 2.92. The Hall–Kier alpha value is -0.330. The zero-order chi connectivity index (χ0) is 11.5. The van der Waals surface area contributed by atoms with Gasteiger partial charge in [0.15, 0.2) is 0 Å². The van der Waals surface area contributed by atoms with E-state index >= 15 is 0 Å². The van der Waals surface area contributed by atoms with Crippen molar-refractivity contribution in [2.45, 2.75) is 78.6 Å². The van der Waals surface area contributed by atoms with Crippen LogP contribution >= 0.6 is 0 Å². The summed E-state index contributed by atoms with van der Waals surface area (Å²) in [6, 6.07) is 0. The van der Waals surface area contributed by atoms with Gasteiger partial charge in [0.25, 0.3) is 0 Å². The molecule has 90 valence electrons. The Balaban J connectivity index is 3.32. The van der Waals surface area contributed by atoms with E-state index in [1.807, 2.05) is 0 Å². The number of hydrogen-bond donors (Lipinski definition) is 0. The molecule has 15 heavy (non-hydrogen) atoms. The molecule has 0 aliphatic carbocycles. The lowest BCUT2D eigenvalue weighted by Crippen LogP contribution is -2.05. The molecule has 0 bridgehead atoms. The summed E-state index contributed by atoms with van der Waals surface area (Å²) in [6.07, 6.45) is 10.3. The van der Waals surface area contributed by atoms with E-state index < -0.39 is 0 Å². The zero-order valence-electron chi connectivity index (χ0n) is 10.8. The van der Waals surface area contributed by atoms with Crippen molar-refractivity contribution in [1.82, 2.24) is 0 Å². The van der Waals surface area contributed by atoms with Crippen LogP contribution in [0.5, 0.6) is 0 Å². The normalized spacial score (nSPS) is 12.7. The second-order valence-electron chi connectivity index (χ2n) is 4.80. The molecule has 0 amide bonds. The van der Waals surface area contributed by atoms with Gasteiger partial charge in [0, 0.05) is 12.8 Å². The van der Waals surface area contributed by atoms with Gasteiger partial charge in [-0.25, -0.2) is 0 Å². The van der Waals surface area contributed by atoms with E-state index in [4.69, 9.17) is 0 Å². The van der Waals surface area contributed by atoms with Gasteiger partial charge in [0.05, 0.1) is 0 Å². The predicted octanol–water partition coefficient (Wildman–Crippen LogP) is 4.74. The van der Waals surface area contributed by atoms with Gasteiger partial charge >= 0.3 is 0 Å². The molecule has 0 aromatic carbocycles. The molecule has 0 spiro atoms. The minimum absolute atomic E-state index is 0.479. The lowest BCUT2D eigenvalue weighted by atomic mass is 9.97. The van der Waals surface area contributed by atoms with Crippen molar-refractivity contribution in [2.24, 2.45) is 5.92 Å². The topological polar surface area (TPSA) is 17.1 Å². The van der Waals surface area contributed by atoms with Crippen molar-refractivity contribution in [2.75, 3.05) is 0 Å². The van der Waals surface area contributed by atoms with Crippen LogP contribution in [0.15, 0.2) is 0 Å². The van der Waals surface area contributed by atoms with Gasteiger partial charge in [0.1, 0.15) is 5.78 Å². The van der Waals surface area contributed by atoms with E-state index in [-0.39, 0.29) is 0 Å². The van der Waals surface area contributed by atoms with Gasteiger partial charge in [-0.3, -0.25) is 4.79 Å². The van der Waals surface area contributed by atoms with Crippen molar-refractivity contribution in [3.63, 3.8) is 0 Å². The van der Waals surface area contributed by atoms with Crippen molar-refractivity contribution < 1.29 is 4.79 Å². The molecule has 0 aliphatic heterocycles. The smallest absolute Gasteiger partial charge is 0.133 e. The maximum atomic E-state index is 11.6. The number of Topliss-reactive ketones (excluding diaryl/α,β-unsaturated/α-hetero) is 1. The second-order valence-corrected chi connectivity index (χ2v) is 4.80. The highest BCUT2D eigenvalue weighted by molar-refractivity contribution is 5.78. The average molecular weight is 212 g/mol. The van der Waals surface area contributed by atoms with Gasteiger partial charge in [-0.1, -0.05) is 59.3 Å². The number of hydrogen-bond acceptors (Lipinski definition) is 1. The molecule has 0 saturated heterocycles. The molecule has 1 nitrogen and oxygen atoms in total. The number of carbonyl (C=O) groups excluding carboxylic acids is 1. The van der Waals surface area contributed by atoms with Gasteiger partial charge in [-0.15, -0.1) is 0 Å². The fourth-order valence-electron chi connectivity index (χ4n) is 2.01.